The van der Waals surface area contributed by atoms with Crippen LogP contribution in [-0.2, 0) is 16.8 Å². The summed E-state index contributed by atoms with van der Waals surface area (Å²) in [4.78, 5) is 23.3. The zero-order valence-electron chi connectivity index (χ0n) is 19.0. The van der Waals surface area contributed by atoms with Gasteiger partial charge in [0.1, 0.15) is 0 Å². The van der Waals surface area contributed by atoms with Crippen LogP contribution in [0, 0.1) is 0 Å². The number of carbonyl (C=O) groups is 2. The quantitative estimate of drug-likeness (QED) is 0.312. The number of carbonyl (C=O) groups excluding carboxylic acids is 2. The molecule has 0 spiro atoms. The highest BCUT2D eigenvalue weighted by Gasteiger charge is 2.17. The Hall–Kier alpha value is -3.46. The monoisotopic (exact) mass is 464 g/mol. The highest BCUT2D eigenvalue weighted by molar-refractivity contribution is 7.99. The van der Waals surface area contributed by atoms with Crippen LogP contribution < -0.4 is 10.5 Å². The van der Waals surface area contributed by atoms with Crippen molar-refractivity contribution in [1.29, 1.82) is 0 Å². The van der Waals surface area contributed by atoms with Crippen LogP contribution in [0.15, 0.2) is 58.8 Å². The van der Waals surface area contributed by atoms with Gasteiger partial charge in [-0.15, -0.1) is 10.2 Å². The number of aromatic nitrogens is 3. The van der Waals surface area contributed by atoms with E-state index in [1.54, 1.807) is 18.2 Å². The zero-order valence-corrected chi connectivity index (χ0v) is 19.8. The van der Waals surface area contributed by atoms with Gasteiger partial charge in [0, 0.05) is 23.2 Å². The number of hydrazone groups is 1. The number of carboxylic acid groups (broad SMARTS) is 1. The van der Waals surface area contributed by atoms with Gasteiger partial charge in [-0.2, -0.15) is 5.10 Å². The van der Waals surface area contributed by atoms with Crippen LogP contribution in [0.1, 0.15) is 49.2 Å². The van der Waals surface area contributed by atoms with Crippen LogP contribution in [-0.4, -0.2) is 38.6 Å². The van der Waals surface area contributed by atoms with Gasteiger partial charge in [0.2, 0.25) is 0 Å². The van der Waals surface area contributed by atoms with E-state index in [2.05, 4.69) is 53.6 Å². The van der Waals surface area contributed by atoms with Crippen LogP contribution in [0.2, 0.25) is 0 Å². The number of rotatable bonds is 8. The van der Waals surface area contributed by atoms with E-state index in [1.165, 1.54) is 29.6 Å². The Labute approximate surface area is 197 Å². The molecule has 1 aromatic heterocycles. The Kier molecular flexibility index (Phi) is 7.65. The molecule has 0 aliphatic carbocycles. The lowest BCUT2D eigenvalue weighted by Gasteiger charge is -2.19. The third-order valence-corrected chi connectivity index (χ3v) is 5.91. The first-order valence-corrected chi connectivity index (χ1v) is 11.5. The molecular formula is C24H26N5O3S-. The molecule has 1 heterocycles. The number of hydrogen-bond donors (Lipinski definition) is 1. The van der Waals surface area contributed by atoms with Crippen molar-refractivity contribution in [3.63, 3.8) is 0 Å². The summed E-state index contributed by atoms with van der Waals surface area (Å²) >= 11 is 1.26. The van der Waals surface area contributed by atoms with E-state index >= 15 is 0 Å². The Morgan fingerprint density at radius 1 is 1.12 bits per heavy atom. The minimum absolute atomic E-state index is 0.00369. The van der Waals surface area contributed by atoms with Gasteiger partial charge < -0.3 is 14.5 Å². The van der Waals surface area contributed by atoms with Crippen LogP contribution in [0.3, 0.4) is 0 Å². The normalized spacial score (nSPS) is 11.6. The van der Waals surface area contributed by atoms with Crippen molar-refractivity contribution < 1.29 is 14.7 Å². The first-order chi connectivity index (χ1) is 15.7. The molecule has 3 aromatic rings. The van der Waals surface area contributed by atoms with Crippen molar-refractivity contribution in [2.24, 2.45) is 5.10 Å². The molecule has 33 heavy (non-hydrogen) atoms. The molecule has 0 fully saturated rings. The summed E-state index contributed by atoms with van der Waals surface area (Å²) in [6.45, 7) is 9.17. The van der Waals surface area contributed by atoms with Gasteiger partial charge >= 0.3 is 0 Å². The summed E-state index contributed by atoms with van der Waals surface area (Å²) in [5.74, 6) is -0.816. The van der Waals surface area contributed by atoms with Crippen molar-refractivity contribution in [3.05, 3.63) is 65.2 Å². The van der Waals surface area contributed by atoms with Crippen molar-refractivity contribution in [3.8, 4) is 11.4 Å². The second-order valence-corrected chi connectivity index (χ2v) is 9.28. The third kappa shape index (κ3) is 6.07. The maximum atomic E-state index is 12.2. The van der Waals surface area contributed by atoms with Crippen LogP contribution >= 0.6 is 11.8 Å². The fourth-order valence-corrected chi connectivity index (χ4v) is 3.94. The molecule has 0 saturated heterocycles. The predicted molar refractivity (Wildman–Crippen MR) is 127 cm³/mol. The van der Waals surface area contributed by atoms with Gasteiger partial charge in [0.05, 0.1) is 17.9 Å². The lowest BCUT2D eigenvalue weighted by molar-refractivity contribution is -0.255. The zero-order chi connectivity index (χ0) is 24.0. The van der Waals surface area contributed by atoms with E-state index in [1.807, 2.05) is 23.6 Å². The highest BCUT2D eigenvalue weighted by atomic mass is 32.2. The number of amides is 1. The van der Waals surface area contributed by atoms with Crippen LogP contribution in [0.4, 0.5) is 0 Å². The van der Waals surface area contributed by atoms with Crippen molar-refractivity contribution in [2.75, 3.05) is 5.75 Å². The Morgan fingerprint density at radius 3 is 2.45 bits per heavy atom. The second kappa shape index (κ2) is 10.4. The molecule has 0 aliphatic heterocycles. The molecular weight excluding hydrogens is 438 g/mol. The molecule has 0 radical (unpaired) electrons. The molecule has 0 bridgehead atoms. The number of nitrogens with one attached hydrogen (secondary N) is 1. The van der Waals surface area contributed by atoms with E-state index in [-0.39, 0.29) is 22.6 Å². The molecule has 0 aliphatic rings. The SMILES string of the molecule is CCn1c(SCC(=O)N/N=C\c2ccccc2C(=O)[O-])nnc1-c1ccc(C(C)(C)C)cc1. The van der Waals surface area contributed by atoms with Gasteiger partial charge in [-0.1, -0.05) is 81.1 Å². The molecule has 2 aromatic carbocycles. The maximum absolute atomic E-state index is 12.2. The van der Waals surface area contributed by atoms with Crippen LogP contribution in [0.25, 0.3) is 11.4 Å². The summed E-state index contributed by atoms with van der Waals surface area (Å²) in [6.07, 6.45) is 1.28. The summed E-state index contributed by atoms with van der Waals surface area (Å²) in [6, 6.07) is 14.5. The number of aromatic carboxylic acids is 1. The van der Waals surface area contributed by atoms with Gasteiger partial charge in [0.15, 0.2) is 11.0 Å². The van der Waals surface area contributed by atoms with Gasteiger partial charge in [0.25, 0.3) is 5.91 Å². The van der Waals surface area contributed by atoms with E-state index in [4.69, 9.17) is 0 Å². The molecule has 1 N–H and O–H groups in total. The molecule has 3 rings (SSSR count). The maximum Gasteiger partial charge on any atom is 0.250 e. The van der Waals surface area contributed by atoms with Gasteiger partial charge in [-0.3, -0.25) is 4.79 Å². The van der Waals surface area contributed by atoms with E-state index in [9.17, 15) is 14.7 Å². The van der Waals surface area contributed by atoms with Crippen molar-refractivity contribution in [2.45, 2.75) is 44.8 Å². The standard InChI is InChI=1S/C24H27N5O3S/c1-5-29-21(16-10-12-18(13-11-16)24(2,3)4)27-28-23(29)33-15-20(30)26-25-14-17-8-6-7-9-19(17)22(31)32/h6-14H,5,15H2,1-4H3,(H,26,30)(H,31,32)/p-1/b25-14-. The first-order valence-electron chi connectivity index (χ1n) is 10.5. The average Bonchev–Trinajstić information content (AvgIpc) is 3.20. The first kappa shape index (κ1) is 24.2. The molecule has 0 atom stereocenters. The molecule has 0 saturated carbocycles. The van der Waals surface area contributed by atoms with E-state index in [0.717, 1.165) is 11.4 Å². The highest BCUT2D eigenvalue weighted by Crippen LogP contribution is 2.27. The Bertz CT molecular complexity index is 1160. The molecule has 1 amide bonds. The summed E-state index contributed by atoms with van der Waals surface area (Å²) in [5, 5.41) is 24.2. The lowest BCUT2D eigenvalue weighted by Crippen LogP contribution is -2.24. The van der Waals surface area contributed by atoms with Gasteiger partial charge in [-0.05, 0) is 17.9 Å². The number of carboxylic acids is 1. The Balaban J connectivity index is 1.63. The van der Waals surface area contributed by atoms with Crippen molar-refractivity contribution in [1.82, 2.24) is 20.2 Å². The molecule has 8 nitrogen and oxygen atoms in total. The minimum atomic E-state index is -1.30. The summed E-state index contributed by atoms with van der Waals surface area (Å²) < 4.78 is 1.96. The predicted octanol–water partition coefficient (Wildman–Crippen LogP) is 2.87. The average molecular weight is 465 g/mol. The van der Waals surface area contributed by atoms with Crippen molar-refractivity contribution >= 4 is 29.9 Å². The summed E-state index contributed by atoms with van der Waals surface area (Å²) in [7, 11) is 0. The fourth-order valence-electron chi connectivity index (χ4n) is 3.15. The number of hydrogen-bond acceptors (Lipinski definition) is 7. The fraction of sp³-hybridized carbons (Fsp3) is 0.292. The third-order valence-electron chi connectivity index (χ3n) is 4.95. The smallest absolute Gasteiger partial charge is 0.250 e. The second-order valence-electron chi connectivity index (χ2n) is 8.33. The number of thioether (sulfide) groups is 1. The molecule has 9 heteroatoms. The topological polar surface area (TPSA) is 112 Å². The number of benzene rings is 2. The Morgan fingerprint density at radius 2 is 1.82 bits per heavy atom. The summed E-state index contributed by atoms with van der Waals surface area (Å²) in [5.41, 5.74) is 5.02. The lowest BCUT2D eigenvalue weighted by atomic mass is 9.87. The van der Waals surface area contributed by atoms with E-state index in [0.29, 0.717) is 17.3 Å². The van der Waals surface area contributed by atoms with Crippen LogP contribution in [0.5, 0.6) is 0 Å². The minimum Gasteiger partial charge on any atom is -0.545 e. The molecule has 172 valence electrons. The molecule has 0 unspecified atom stereocenters. The van der Waals surface area contributed by atoms with E-state index < -0.39 is 5.97 Å². The van der Waals surface area contributed by atoms with Gasteiger partial charge in [-0.25, -0.2) is 5.43 Å². The largest absolute Gasteiger partial charge is 0.545 e. The number of nitrogens with zero attached hydrogens (tertiary/aromatic N) is 4.